The van der Waals surface area contributed by atoms with Crippen molar-refractivity contribution in [3.05, 3.63) is 114 Å². The van der Waals surface area contributed by atoms with Gasteiger partial charge in [0.05, 0.1) is 23.3 Å². The second-order valence-electron chi connectivity index (χ2n) is 9.01. The number of ether oxygens (including phenoxy) is 1. The Morgan fingerprint density at radius 1 is 0.892 bits per heavy atom. The number of aliphatic hydroxyl groups is 1. The number of carbonyl (C=O) groups is 3. The van der Waals surface area contributed by atoms with Crippen molar-refractivity contribution < 1.29 is 24.2 Å². The average Bonchev–Trinajstić information content (AvgIpc) is 3.18. The summed E-state index contributed by atoms with van der Waals surface area (Å²) in [6, 6.07) is 21.8. The van der Waals surface area contributed by atoms with Crippen molar-refractivity contribution in [3.8, 4) is 0 Å². The number of hydrogen-bond donors (Lipinski definition) is 1. The summed E-state index contributed by atoms with van der Waals surface area (Å²) < 4.78 is 5.24. The van der Waals surface area contributed by atoms with Crippen LogP contribution in [0.15, 0.2) is 96.8 Å². The van der Waals surface area contributed by atoms with Crippen LogP contribution in [0.1, 0.15) is 41.4 Å². The molecule has 37 heavy (non-hydrogen) atoms. The maximum Gasteiger partial charge on any atom is 0.338 e. The van der Waals surface area contributed by atoms with Crippen LogP contribution in [0.4, 0.5) is 5.69 Å². The van der Waals surface area contributed by atoms with E-state index in [1.54, 1.807) is 74.8 Å². The van der Waals surface area contributed by atoms with Crippen LogP contribution in [0.3, 0.4) is 0 Å². The molecular weight excluding hydrogens is 468 g/mol. The van der Waals surface area contributed by atoms with Crippen LogP contribution in [-0.4, -0.2) is 33.9 Å². The highest BCUT2D eigenvalue weighted by molar-refractivity contribution is 6.51. The maximum atomic E-state index is 13.3. The Balaban J connectivity index is 1.62. The van der Waals surface area contributed by atoms with Gasteiger partial charge in [-0.25, -0.2) is 4.79 Å². The lowest BCUT2D eigenvalue weighted by Gasteiger charge is -2.25. The SMILES string of the molecule is CC(C)OC(=O)c1ccc(N2C(=O)C(=O)/C(=C(\O)c3ccc4ccccc4c3)C2c2ccncc2)cc1. The first-order valence-corrected chi connectivity index (χ1v) is 11.9. The molecule has 0 radical (unpaired) electrons. The average molecular weight is 493 g/mol. The van der Waals surface area contributed by atoms with Crippen LogP contribution in [0.5, 0.6) is 0 Å². The highest BCUT2D eigenvalue weighted by Gasteiger charge is 2.47. The van der Waals surface area contributed by atoms with E-state index in [0.29, 0.717) is 22.4 Å². The lowest BCUT2D eigenvalue weighted by molar-refractivity contribution is -0.132. The molecule has 1 atom stereocenters. The monoisotopic (exact) mass is 492 g/mol. The van der Waals surface area contributed by atoms with E-state index in [4.69, 9.17) is 4.74 Å². The summed E-state index contributed by atoms with van der Waals surface area (Å²) in [5.74, 6) is -2.31. The Bertz CT molecular complexity index is 1540. The number of amides is 1. The largest absolute Gasteiger partial charge is 0.507 e. The molecule has 0 bridgehead atoms. The summed E-state index contributed by atoms with van der Waals surface area (Å²) in [6.07, 6.45) is 2.86. The summed E-state index contributed by atoms with van der Waals surface area (Å²) in [6.45, 7) is 3.52. The number of fused-ring (bicyclic) bond motifs is 1. The summed E-state index contributed by atoms with van der Waals surface area (Å²) in [5.41, 5.74) is 1.75. The summed E-state index contributed by atoms with van der Waals surface area (Å²) in [5, 5.41) is 13.2. The molecule has 1 aliphatic rings. The fourth-order valence-corrected chi connectivity index (χ4v) is 4.49. The Hall–Kier alpha value is -4.78. The normalized spacial score (nSPS) is 16.9. The molecule has 1 saturated heterocycles. The fraction of sp³-hybridized carbons (Fsp3) is 0.133. The standard InChI is InChI=1S/C30H24N2O5/c1-18(2)37-30(36)21-9-11-24(12-10-21)32-26(20-13-15-31-16-14-20)25(28(34)29(32)35)27(33)23-8-7-19-5-3-4-6-22(19)17-23/h3-18,26,33H,1-2H3/b27-25-. The molecule has 1 unspecified atom stereocenters. The van der Waals surface area contributed by atoms with Crippen LogP contribution in [0.2, 0.25) is 0 Å². The molecule has 1 aromatic heterocycles. The van der Waals surface area contributed by atoms with Gasteiger partial charge in [-0.1, -0.05) is 36.4 Å². The molecule has 1 N–H and O–H groups in total. The molecule has 1 fully saturated rings. The van der Waals surface area contributed by atoms with E-state index in [2.05, 4.69) is 4.98 Å². The highest BCUT2D eigenvalue weighted by atomic mass is 16.5. The van der Waals surface area contributed by atoms with Gasteiger partial charge in [-0.05, 0) is 72.6 Å². The first-order valence-electron chi connectivity index (χ1n) is 11.9. The Labute approximate surface area is 213 Å². The minimum atomic E-state index is -0.886. The zero-order valence-electron chi connectivity index (χ0n) is 20.3. The molecule has 7 heteroatoms. The number of carbonyl (C=O) groups excluding carboxylic acids is 3. The first-order chi connectivity index (χ1) is 17.8. The summed E-state index contributed by atoms with van der Waals surface area (Å²) in [4.78, 5) is 44.3. The lowest BCUT2D eigenvalue weighted by Crippen LogP contribution is -2.29. The molecular formula is C30H24N2O5. The number of Topliss-reactive ketones (excluding diaryl/α,β-unsaturated/α-hetero) is 1. The Morgan fingerprint density at radius 3 is 2.22 bits per heavy atom. The summed E-state index contributed by atoms with van der Waals surface area (Å²) in [7, 11) is 0. The van der Waals surface area contributed by atoms with Crippen LogP contribution in [-0.2, 0) is 14.3 Å². The van der Waals surface area contributed by atoms with Gasteiger partial charge in [-0.15, -0.1) is 0 Å². The fourth-order valence-electron chi connectivity index (χ4n) is 4.49. The van der Waals surface area contributed by atoms with Gasteiger partial charge in [-0.2, -0.15) is 0 Å². The number of hydrogen-bond acceptors (Lipinski definition) is 6. The van der Waals surface area contributed by atoms with Gasteiger partial charge in [0.25, 0.3) is 11.7 Å². The molecule has 2 heterocycles. The molecule has 1 amide bonds. The number of rotatable bonds is 5. The van der Waals surface area contributed by atoms with E-state index >= 15 is 0 Å². The van der Waals surface area contributed by atoms with Crippen molar-refractivity contribution in [2.75, 3.05) is 4.90 Å². The van der Waals surface area contributed by atoms with Gasteiger partial charge >= 0.3 is 5.97 Å². The van der Waals surface area contributed by atoms with Crippen molar-refractivity contribution in [2.24, 2.45) is 0 Å². The molecule has 0 aliphatic carbocycles. The van der Waals surface area contributed by atoms with Gasteiger partial charge in [0, 0.05) is 23.6 Å². The molecule has 0 spiro atoms. The maximum absolute atomic E-state index is 13.3. The third kappa shape index (κ3) is 4.47. The van der Waals surface area contributed by atoms with E-state index < -0.39 is 23.7 Å². The Morgan fingerprint density at radius 2 is 1.54 bits per heavy atom. The molecule has 3 aromatic carbocycles. The molecule has 1 aliphatic heterocycles. The van der Waals surface area contributed by atoms with Crippen LogP contribution in [0.25, 0.3) is 16.5 Å². The molecule has 4 aromatic rings. The quantitative estimate of drug-likeness (QED) is 0.173. The zero-order chi connectivity index (χ0) is 26.1. The topological polar surface area (TPSA) is 96.8 Å². The first kappa shape index (κ1) is 23.9. The minimum absolute atomic E-state index is 0.0187. The van der Waals surface area contributed by atoms with Gasteiger partial charge in [-0.3, -0.25) is 19.5 Å². The molecule has 5 rings (SSSR count). The van der Waals surface area contributed by atoms with E-state index in [9.17, 15) is 19.5 Å². The van der Waals surface area contributed by atoms with E-state index in [0.717, 1.165) is 10.8 Å². The number of ketones is 1. The van der Waals surface area contributed by atoms with E-state index in [1.165, 1.54) is 4.90 Å². The second kappa shape index (κ2) is 9.70. The lowest BCUT2D eigenvalue weighted by atomic mass is 9.95. The van der Waals surface area contributed by atoms with Gasteiger partial charge in [0.15, 0.2) is 0 Å². The van der Waals surface area contributed by atoms with Crippen molar-refractivity contribution in [1.29, 1.82) is 0 Å². The van der Waals surface area contributed by atoms with Crippen molar-refractivity contribution in [1.82, 2.24) is 4.98 Å². The second-order valence-corrected chi connectivity index (χ2v) is 9.01. The van der Waals surface area contributed by atoms with Gasteiger partial charge in [0.1, 0.15) is 5.76 Å². The Kier molecular flexibility index (Phi) is 6.27. The van der Waals surface area contributed by atoms with Crippen LogP contribution in [0, 0.1) is 0 Å². The van der Waals surface area contributed by atoms with Crippen molar-refractivity contribution in [3.63, 3.8) is 0 Å². The highest BCUT2D eigenvalue weighted by Crippen LogP contribution is 2.42. The smallest absolute Gasteiger partial charge is 0.338 e. The molecule has 7 nitrogen and oxygen atoms in total. The third-order valence-corrected chi connectivity index (χ3v) is 6.21. The third-order valence-electron chi connectivity index (χ3n) is 6.21. The van der Waals surface area contributed by atoms with Crippen LogP contribution < -0.4 is 4.90 Å². The number of anilines is 1. The van der Waals surface area contributed by atoms with Gasteiger partial charge < -0.3 is 9.84 Å². The number of aromatic nitrogens is 1. The predicted octanol–water partition coefficient (Wildman–Crippen LogP) is 5.43. The summed E-state index contributed by atoms with van der Waals surface area (Å²) >= 11 is 0. The van der Waals surface area contributed by atoms with Crippen molar-refractivity contribution in [2.45, 2.75) is 26.0 Å². The molecule has 0 saturated carbocycles. The van der Waals surface area contributed by atoms with Gasteiger partial charge in [0.2, 0.25) is 0 Å². The number of pyridine rings is 1. The van der Waals surface area contributed by atoms with Crippen LogP contribution >= 0.6 is 0 Å². The number of benzene rings is 3. The van der Waals surface area contributed by atoms with Crippen molar-refractivity contribution >= 4 is 39.9 Å². The minimum Gasteiger partial charge on any atom is -0.507 e. The number of aliphatic hydroxyl groups excluding tert-OH is 1. The van der Waals surface area contributed by atoms with E-state index in [1.807, 2.05) is 30.3 Å². The molecule has 184 valence electrons. The number of nitrogens with zero attached hydrogens (tertiary/aromatic N) is 2. The number of esters is 1. The van der Waals surface area contributed by atoms with E-state index in [-0.39, 0.29) is 17.4 Å². The predicted molar refractivity (Wildman–Crippen MR) is 140 cm³/mol. The zero-order valence-corrected chi connectivity index (χ0v) is 20.3.